The molecule has 0 aliphatic carbocycles. The molecular formula is C16H32N2. The van der Waals surface area contributed by atoms with Gasteiger partial charge in [-0.15, -0.1) is 0 Å². The number of hydrogen-bond donors (Lipinski definition) is 0. The van der Waals surface area contributed by atoms with Crippen LogP contribution in [0, 0.1) is 17.3 Å². The van der Waals surface area contributed by atoms with E-state index in [0.29, 0.717) is 11.0 Å². The molecule has 2 aliphatic heterocycles. The molecule has 2 rings (SSSR count). The Labute approximate surface area is 114 Å². The Kier molecular flexibility index (Phi) is 3.81. The molecule has 2 nitrogen and oxygen atoms in total. The zero-order valence-electron chi connectivity index (χ0n) is 13.3. The van der Waals surface area contributed by atoms with Crippen LogP contribution in [-0.2, 0) is 0 Å². The SMILES string of the molecule is CC(C)(C)C1CCN(CC2CN(C(C)(C)C)C2)C1. The van der Waals surface area contributed by atoms with Crippen molar-refractivity contribution in [3.63, 3.8) is 0 Å². The Morgan fingerprint density at radius 3 is 2.00 bits per heavy atom. The smallest absolute Gasteiger partial charge is 0.0125 e. The Bertz CT molecular complexity index is 278. The van der Waals surface area contributed by atoms with Crippen LogP contribution < -0.4 is 0 Å². The van der Waals surface area contributed by atoms with Crippen LogP contribution in [0.1, 0.15) is 48.0 Å². The van der Waals surface area contributed by atoms with E-state index in [9.17, 15) is 0 Å². The summed E-state index contributed by atoms with van der Waals surface area (Å²) in [4.78, 5) is 5.32. The summed E-state index contributed by atoms with van der Waals surface area (Å²) in [5, 5.41) is 0. The van der Waals surface area contributed by atoms with Gasteiger partial charge in [-0.2, -0.15) is 0 Å². The summed E-state index contributed by atoms with van der Waals surface area (Å²) in [5.41, 5.74) is 0.862. The molecule has 1 atom stereocenters. The van der Waals surface area contributed by atoms with Gasteiger partial charge in [0.05, 0.1) is 0 Å². The number of rotatable bonds is 2. The van der Waals surface area contributed by atoms with Crippen LogP contribution in [0.3, 0.4) is 0 Å². The minimum absolute atomic E-state index is 0.370. The van der Waals surface area contributed by atoms with Crippen LogP contribution in [0.4, 0.5) is 0 Å². The van der Waals surface area contributed by atoms with E-state index in [1.54, 1.807) is 0 Å². The van der Waals surface area contributed by atoms with Gasteiger partial charge in [0, 0.05) is 31.7 Å². The molecule has 2 saturated heterocycles. The van der Waals surface area contributed by atoms with Gasteiger partial charge in [0.2, 0.25) is 0 Å². The van der Waals surface area contributed by atoms with E-state index >= 15 is 0 Å². The van der Waals surface area contributed by atoms with Crippen molar-refractivity contribution in [2.45, 2.75) is 53.5 Å². The molecular weight excluding hydrogens is 220 g/mol. The fourth-order valence-electron chi connectivity index (χ4n) is 3.30. The predicted octanol–water partition coefficient (Wildman–Crippen LogP) is 3.08. The highest BCUT2D eigenvalue weighted by Crippen LogP contribution is 2.34. The highest BCUT2D eigenvalue weighted by molar-refractivity contribution is 4.92. The lowest BCUT2D eigenvalue weighted by molar-refractivity contribution is 0.0000615. The van der Waals surface area contributed by atoms with E-state index in [1.165, 1.54) is 39.1 Å². The Morgan fingerprint density at radius 2 is 1.56 bits per heavy atom. The van der Waals surface area contributed by atoms with Gasteiger partial charge in [0.25, 0.3) is 0 Å². The molecule has 2 heteroatoms. The Morgan fingerprint density at radius 1 is 0.944 bits per heavy atom. The van der Waals surface area contributed by atoms with Gasteiger partial charge in [-0.1, -0.05) is 20.8 Å². The summed E-state index contributed by atoms with van der Waals surface area (Å²) in [6.07, 6.45) is 1.40. The third-order valence-electron chi connectivity index (χ3n) is 4.92. The van der Waals surface area contributed by atoms with Gasteiger partial charge < -0.3 is 4.90 Å². The fourth-order valence-corrected chi connectivity index (χ4v) is 3.30. The molecule has 0 radical (unpaired) electrons. The van der Waals surface area contributed by atoms with E-state index in [2.05, 4.69) is 51.3 Å². The predicted molar refractivity (Wildman–Crippen MR) is 78.8 cm³/mol. The van der Waals surface area contributed by atoms with Crippen molar-refractivity contribution in [3.05, 3.63) is 0 Å². The van der Waals surface area contributed by atoms with E-state index in [1.807, 2.05) is 0 Å². The van der Waals surface area contributed by atoms with Gasteiger partial charge in [-0.05, 0) is 51.0 Å². The number of nitrogens with zero attached hydrogens (tertiary/aromatic N) is 2. The first-order valence-corrected chi connectivity index (χ1v) is 7.63. The molecule has 2 heterocycles. The Hall–Kier alpha value is -0.0800. The van der Waals surface area contributed by atoms with E-state index in [-0.39, 0.29) is 0 Å². The minimum Gasteiger partial charge on any atom is -0.303 e. The molecule has 0 aromatic heterocycles. The van der Waals surface area contributed by atoms with Gasteiger partial charge in [-0.3, -0.25) is 4.90 Å². The molecule has 0 aromatic rings. The molecule has 0 N–H and O–H groups in total. The summed E-state index contributed by atoms with van der Waals surface area (Å²) in [6.45, 7) is 20.8. The zero-order chi connectivity index (χ0) is 13.6. The van der Waals surface area contributed by atoms with Crippen molar-refractivity contribution < 1.29 is 0 Å². The molecule has 2 fully saturated rings. The molecule has 0 aromatic carbocycles. The number of hydrogen-bond acceptors (Lipinski definition) is 2. The van der Waals surface area contributed by atoms with Crippen LogP contribution in [0.15, 0.2) is 0 Å². The zero-order valence-corrected chi connectivity index (χ0v) is 13.3. The third kappa shape index (κ3) is 3.27. The normalized spacial score (nSPS) is 28.7. The molecule has 0 bridgehead atoms. The minimum atomic E-state index is 0.370. The van der Waals surface area contributed by atoms with Gasteiger partial charge in [0.1, 0.15) is 0 Å². The highest BCUT2D eigenvalue weighted by Gasteiger charge is 2.37. The summed E-state index contributed by atoms with van der Waals surface area (Å²) in [7, 11) is 0. The van der Waals surface area contributed by atoms with E-state index < -0.39 is 0 Å². The molecule has 2 aliphatic rings. The van der Waals surface area contributed by atoms with E-state index in [0.717, 1.165) is 11.8 Å². The molecule has 18 heavy (non-hydrogen) atoms. The van der Waals surface area contributed by atoms with Crippen LogP contribution in [0.5, 0.6) is 0 Å². The lowest BCUT2D eigenvalue weighted by Crippen LogP contribution is -2.58. The largest absolute Gasteiger partial charge is 0.303 e. The second kappa shape index (κ2) is 4.79. The lowest BCUT2D eigenvalue weighted by Gasteiger charge is -2.48. The monoisotopic (exact) mass is 252 g/mol. The Balaban J connectivity index is 1.71. The van der Waals surface area contributed by atoms with Crippen LogP contribution in [-0.4, -0.2) is 48.1 Å². The third-order valence-corrected chi connectivity index (χ3v) is 4.92. The molecule has 106 valence electrons. The second-order valence-corrected chi connectivity index (χ2v) is 8.55. The maximum Gasteiger partial charge on any atom is 0.0125 e. The van der Waals surface area contributed by atoms with Crippen LogP contribution >= 0.6 is 0 Å². The number of likely N-dealkylation sites (tertiary alicyclic amines) is 2. The maximum atomic E-state index is 2.71. The highest BCUT2D eigenvalue weighted by atomic mass is 15.3. The molecule has 0 spiro atoms. The van der Waals surface area contributed by atoms with Gasteiger partial charge >= 0.3 is 0 Å². The average molecular weight is 252 g/mol. The second-order valence-electron chi connectivity index (χ2n) is 8.55. The van der Waals surface area contributed by atoms with Crippen molar-refractivity contribution in [2.24, 2.45) is 17.3 Å². The first-order valence-electron chi connectivity index (χ1n) is 7.63. The maximum absolute atomic E-state index is 2.71. The first kappa shape index (κ1) is 14.3. The summed E-state index contributed by atoms with van der Waals surface area (Å²) < 4.78 is 0. The standard InChI is InChI=1S/C16H32N2/c1-15(2,3)14-7-8-17(12-14)9-13-10-18(11-13)16(4,5)6/h13-14H,7-12H2,1-6H3. The average Bonchev–Trinajstić information content (AvgIpc) is 2.55. The van der Waals surface area contributed by atoms with Gasteiger partial charge in [0.15, 0.2) is 0 Å². The van der Waals surface area contributed by atoms with Gasteiger partial charge in [-0.25, -0.2) is 0 Å². The quantitative estimate of drug-likeness (QED) is 0.745. The van der Waals surface area contributed by atoms with Crippen molar-refractivity contribution in [1.29, 1.82) is 0 Å². The molecule has 1 unspecified atom stereocenters. The lowest BCUT2D eigenvalue weighted by atomic mass is 9.80. The van der Waals surface area contributed by atoms with Crippen molar-refractivity contribution in [1.82, 2.24) is 9.80 Å². The van der Waals surface area contributed by atoms with Crippen molar-refractivity contribution in [2.75, 3.05) is 32.7 Å². The first-order chi connectivity index (χ1) is 8.16. The summed E-state index contributed by atoms with van der Waals surface area (Å²) in [5.74, 6) is 1.82. The molecule has 0 saturated carbocycles. The topological polar surface area (TPSA) is 6.48 Å². The van der Waals surface area contributed by atoms with Crippen molar-refractivity contribution in [3.8, 4) is 0 Å². The summed E-state index contributed by atoms with van der Waals surface area (Å²) >= 11 is 0. The summed E-state index contributed by atoms with van der Waals surface area (Å²) in [6, 6.07) is 0. The van der Waals surface area contributed by atoms with Crippen molar-refractivity contribution >= 4 is 0 Å². The van der Waals surface area contributed by atoms with Crippen LogP contribution in [0.25, 0.3) is 0 Å². The van der Waals surface area contributed by atoms with E-state index in [4.69, 9.17) is 0 Å². The molecule has 0 amide bonds. The van der Waals surface area contributed by atoms with Crippen LogP contribution in [0.2, 0.25) is 0 Å². The fraction of sp³-hybridized carbons (Fsp3) is 1.00.